The van der Waals surface area contributed by atoms with Crippen LogP contribution in [-0.4, -0.2) is 23.9 Å². The van der Waals surface area contributed by atoms with E-state index in [1.54, 1.807) is 0 Å². The lowest BCUT2D eigenvalue weighted by atomic mass is 9.96. The van der Waals surface area contributed by atoms with E-state index in [1.165, 1.54) is 28.8 Å². The van der Waals surface area contributed by atoms with Crippen molar-refractivity contribution in [2.45, 2.75) is 52.6 Å². The summed E-state index contributed by atoms with van der Waals surface area (Å²) in [5.41, 5.74) is 4.93. The zero-order valence-electron chi connectivity index (χ0n) is 17.0. The van der Waals surface area contributed by atoms with E-state index in [9.17, 15) is 9.18 Å². The maximum Gasteiger partial charge on any atom is 0.224 e. The number of nitrogens with one attached hydrogen (secondary N) is 1. The third-order valence-corrected chi connectivity index (χ3v) is 5.71. The normalized spacial score (nSPS) is 17.5. The zero-order valence-corrected chi connectivity index (χ0v) is 17.0. The van der Waals surface area contributed by atoms with Crippen molar-refractivity contribution in [2.24, 2.45) is 5.92 Å². The van der Waals surface area contributed by atoms with Gasteiger partial charge in [0, 0.05) is 19.6 Å². The van der Waals surface area contributed by atoms with Gasteiger partial charge in [-0.3, -0.25) is 9.69 Å². The minimum Gasteiger partial charge on any atom is -0.352 e. The van der Waals surface area contributed by atoms with Crippen LogP contribution < -0.4 is 5.32 Å². The third-order valence-electron chi connectivity index (χ3n) is 5.71. The topological polar surface area (TPSA) is 32.3 Å². The number of benzene rings is 2. The Kier molecular flexibility index (Phi) is 7.21. The summed E-state index contributed by atoms with van der Waals surface area (Å²) in [5, 5.41) is 3.17. The molecule has 1 atom stereocenters. The molecule has 0 radical (unpaired) electrons. The fourth-order valence-corrected chi connectivity index (χ4v) is 4.00. The number of nitrogens with zero attached hydrogens (tertiary/aromatic N) is 1. The number of piperidine rings is 1. The van der Waals surface area contributed by atoms with Gasteiger partial charge in [0.05, 0.1) is 5.92 Å². The largest absolute Gasteiger partial charge is 0.352 e. The van der Waals surface area contributed by atoms with Gasteiger partial charge in [-0.15, -0.1) is 0 Å². The molecule has 1 amide bonds. The van der Waals surface area contributed by atoms with Crippen LogP contribution in [0.3, 0.4) is 0 Å². The molecule has 1 aliphatic heterocycles. The Labute approximate surface area is 167 Å². The SMILES string of the molecule is CCc1ccc(CC)c(CNC(=O)[C@H]2CCCN(Cc3ccc(F)cc3)C2)c1. The highest BCUT2D eigenvalue weighted by atomic mass is 19.1. The van der Waals surface area contributed by atoms with Crippen molar-refractivity contribution in [3.63, 3.8) is 0 Å². The number of amides is 1. The maximum atomic E-state index is 13.1. The second-order valence-electron chi connectivity index (χ2n) is 7.73. The molecule has 0 spiro atoms. The van der Waals surface area contributed by atoms with Gasteiger partial charge < -0.3 is 5.32 Å². The lowest BCUT2D eigenvalue weighted by Crippen LogP contribution is -2.42. The molecule has 0 aromatic heterocycles. The number of carbonyl (C=O) groups is 1. The molecule has 2 aromatic rings. The molecule has 4 heteroatoms. The van der Waals surface area contributed by atoms with E-state index in [1.807, 2.05) is 12.1 Å². The standard InChI is InChI=1S/C24H31FN2O/c1-3-18-7-10-20(4-2)22(14-18)15-26-24(28)21-6-5-13-27(17-21)16-19-8-11-23(25)12-9-19/h7-12,14,21H,3-6,13,15-17H2,1-2H3,(H,26,28)/t21-/m0/s1. The minimum atomic E-state index is -0.210. The molecule has 1 aliphatic rings. The average molecular weight is 383 g/mol. The Balaban J connectivity index is 1.56. The third kappa shape index (κ3) is 5.41. The summed E-state index contributed by atoms with van der Waals surface area (Å²) in [7, 11) is 0. The Morgan fingerprint density at radius 2 is 1.82 bits per heavy atom. The van der Waals surface area contributed by atoms with Crippen molar-refractivity contribution in [1.29, 1.82) is 0 Å². The molecule has 0 bridgehead atoms. The Morgan fingerprint density at radius 3 is 2.54 bits per heavy atom. The zero-order chi connectivity index (χ0) is 19.9. The molecule has 28 heavy (non-hydrogen) atoms. The lowest BCUT2D eigenvalue weighted by molar-refractivity contribution is -0.126. The van der Waals surface area contributed by atoms with Crippen LogP contribution in [0.15, 0.2) is 42.5 Å². The summed E-state index contributed by atoms with van der Waals surface area (Å²) in [6, 6.07) is 13.2. The number of halogens is 1. The van der Waals surface area contributed by atoms with Crippen LogP contribution in [0.4, 0.5) is 4.39 Å². The predicted molar refractivity (Wildman–Crippen MR) is 111 cm³/mol. The van der Waals surface area contributed by atoms with Gasteiger partial charge in [0.15, 0.2) is 0 Å². The predicted octanol–water partition coefficient (Wildman–Crippen LogP) is 4.48. The highest BCUT2D eigenvalue weighted by molar-refractivity contribution is 5.79. The number of carbonyl (C=O) groups excluding carboxylic acids is 1. The summed E-state index contributed by atoms with van der Waals surface area (Å²) in [4.78, 5) is 15.1. The summed E-state index contributed by atoms with van der Waals surface area (Å²) >= 11 is 0. The molecular formula is C24H31FN2O. The van der Waals surface area contributed by atoms with Crippen LogP contribution in [-0.2, 0) is 30.7 Å². The van der Waals surface area contributed by atoms with Crippen LogP contribution in [0.5, 0.6) is 0 Å². The summed E-state index contributed by atoms with van der Waals surface area (Å²) in [6.45, 7) is 7.42. The fourth-order valence-electron chi connectivity index (χ4n) is 4.00. The first-order valence-corrected chi connectivity index (χ1v) is 10.4. The van der Waals surface area contributed by atoms with Crippen LogP contribution >= 0.6 is 0 Å². The Hall–Kier alpha value is -2.20. The van der Waals surface area contributed by atoms with Crippen LogP contribution in [0.2, 0.25) is 0 Å². The van der Waals surface area contributed by atoms with Gasteiger partial charge in [-0.1, -0.05) is 44.2 Å². The van der Waals surface area contributed by atoms with Gasteiger partial charge in [0.1, 0.15) is 5.82 Å². The van der Waals surface area contributed by atoms with E-state index in [0.717, 1.165) is 50.9 Å². The number of aryl methyl sites for hydroxylation is 2. The van der Waals surface area contributed by atoms with Gasteiger partial charge in [-0.2, -0.15) is 0 Å². The second-order valence-corrected chi connectivity index (χ2v) is 7.73. The molecular weight excluding hydrogens is 351 g/mol. The first-order valence-electron chi connectivity index (χ1n) is 10.4. The highest BCUT2D eigenvalue weighted by Gasteiger charge is 2.25. The molecule has 1 heterocycles. The molecule has 2 aromatic carbocycles. The molecule has 3 nitrogen and oxygen atoms in total. The van der Waals surface area contributed by atoms with E-state index in [2.05, 4.69) is 42.3 Å². The molecule has 1 N–H and O–H groups in total. The fraction of sp³-hybridized carbons (Fsp3) is 0.458. The van der Waals surface area contributed by atoms with E-state index >= 15 is 0 Å². The van der Waals surface area contributed by atoms with Crippen LogP contribution in [0.1, 0.15) is 48.9 Å². The molecule has 0 aliphatic carbocycles. The lowest BCUT2D eigenvalue weighted by Gasteiger charge is -2.32. The van der Waals surface area contributed by atoms with Crippen molar-refractivity contribution >= 4 is 5.91 Å². The van der Waals surface area contributed by atoms with Gasteiger partial charge in [-0.25, -0.2) is 4.39 Å². The molecule has 150 valence electrons. The molecule has 0 saturated carbocycles. The first kappa shape index (κ1) is 20.5. The van der Waals surface area contributed by atoms with Crippen LogP contribution in [0, 0.1) is 11.7 Å². The van der Waals surface area contributed by atoms with Crippen molar-refractivity contribution in [3.8, 4) is 0 Å². The summed E-state index contributed by atoms with van der Waals surface area (Å²) < 4.78 is 13.1. The number of likely N-dealkylation sites (tertiary alicyclic amines) is 1. The Bertz CT molecular complexity index is 788. The average Bonchev–Trinajstić information content (AvgIpc) is 2.73. The first-order chi connectivity index (χ1) is 13.6. The molecule has 3 rings (SSSR count). The number of hydrogen-bond donors (Lipinski definition) is 1. The number of rotatable bonds is 7. The highest BCUT2D eigenvalue weighted by Crippen LogP contribution is 2.20. The van der Waals surface area contributed by atoms with Crippen molar-refractivity contribution < 1.29 is 9.18 Å². The monoisotopic (exact) mass is 382 g/mol. The Morgan fingerprint density at radius 1 is 1.07 bits per heavy atom. The van der Waals surface area contributed by atoms with Gasteiger partial charge in [0.2, 0.25) is 5.91 Å². The van der Waals surface area contributed by atoms with E-state index in [-0.39, 0.29) is 17.6 Å². The van der Waals surface area contributed by atoms with E-state index in [0.29, 0.717) is 6.54 Å². The minimum absolute atomic E-state index is 0.0219. The summed E-state index contributed by atoms with van der Waals surface area (Å²) in [6.07, 6.45) is 3.93. The quantitative estimate of drug-likeness (QED) is 0.766. The number of hydrogen-bond acceptors (Lipinski definition) is 2. The molecule has 0 unspecified atom stereocenters. The van der Waals surface area contributed by atoms with E-state index in [4.69, 9.17) is 0 Å². The van der Waals surface area contributed by atoms with Crippen LogP contribution in [0.25, 0.3) is 0 Å². The van der Waals surface area contributed by atoms with Crippen molar-refractivity contribution in [1.82, 2.24) is 10.2 Å². The van der Waals surface area contributed by atoms with Gasteiger partial charge >= 0.3 is 0 Å². The maximum absolute atomic E-state index is 13.1. The van der Waals surface area contributed by atoms with Crippen molar-refractivity contribution in [2.75, 3.05) is 13.1 Å². The summed E-state index contributed by atoms with van der Waals surface area (Å²) in [5.74, 6) is -0.0420. The van der Waals surface area contributed by atoms with Gasteiger partial charge in [0.25, 0.3) is 0 Å². The smallest absolute Gasteiger partial charge is 0.224 e. The molecule has 1 fully saturated rings. The van der Waals surface area contributed by atoms with E-state index < -0.39 is 0 Å². The second kappa shape index (κ2) is 9.83. The molecule has 1 saturated heterocycles. The van der Waals surface area contributed by atoms with Gasteiger partial charge in [-0.05, 0) is 66.6 Å². The van der Waals surface area contributed by atoms with Crippen molar-refractivity contribution in [3.05, 3.63) is 70.5 Å².